The first kappa shape index (κ1) is 12.7. The van der Waals surface area contributed by atoms with Crippen molar-refractivity contribution in [1.29, 1.82) is 0 Å². The molecule has 0 aromatic heterocycles. The molecule has 18 heavy (non-hydrogen) atoms. The summed E-state index contributed by atoms with van der Waals surface area (Å²) in [4.78, 5) is 13.9. The number of amides is 1. The summed E-state index contributed by atoms with van der Waals surface area (Å²) in [5.74, 6) is -0.0457. The molecule has 0 bridgehead atoms. The Morgan fingerprint density at radius 1 is 1.56 bits per heavy atom. The second-order valence-corrected chi connectivity index (χ2v) is 4.46. The molecule has 1 aliphatic rings. The molecule has 0 saturated carbocycles. The van der Waals surface area contributed by atoms with Crippen molar-refractivity contribution in [3.05, 3.63) is 23.8 Å². The molecular formula is C13H19N3O2. The summed E-state index contributed by atoms with van der Waals surface area (Å²) in [5, 5.41) is 2.67. The van der Waals surface area contributed by atoms with Crippen LogP contribution in [-0.4, -0.2) is 38.8 Å². The van der Waals surface area contributed by atoms with Crippen LogP contribution in [0.15, 0.2) is 18.2 Å². The molecule has 5 nitrogen and oxygen atoms in total. The van der Waals surface area contributed by atoms with Crippen LogP contribution in [0.4, 0.5) is 11.4 Å². The minimum Gasteiger partial charge on any atom is -0.397 e. The van der Waals surface area contributed by atoms with Crippen molar-refractivity contribution in [2.45, 2.75) is 13.0 Å². The summed E-state index contributed by atoms with van der Waals surface area (Å²) in [6, 6.07) is 5.54. The van der Waals surface area contributed by atoms with E-state index in [1.165, 1.54) is 0 Å². The number of ether oxygens (including phenoxy) is 1. The zero-order chi connectivity index (χ0) is 13.1. The smallest absolute Gasteiger partial charge is 0.244 e. The standard InChI is InChI=1S/C13H19N3O2/c1-9-3-4-10(14)11(7-9)16-5-6-18-8-12(16)13(17)15-2/h3-4,7,12H,5-6,8,14H2,1-2H3,(H,15,17). The van der Waals surface area contributed by atoms with Crippen molar-refractivity contribution in [2.24, 2.45) is 0 Å². The molecule has 1 aromatic carbocycles. The van der Waals surface area contributed by atoms with Gasteiger partial charge in [-0.15, -0.1) is 0 Å². The fourth-order valence-corrected chi connectivity index (χ4v) is 2.18. The van der Waals surface area contributed by atoms with E-state index >= 15 is 0 Å². The van der Waals surface area contributed by atoms with Gasteiger partial charge in [-0.1, -0.05) is 6.07 Å². The Morgan fingerprint density at radius 2 is 2.33 bits per heavy atom. The van der Waals surface area contributed by atoms with Crippen molar-refractivity contribution >= 4 is 17.3 Å². The molecule has 5 heteroatoms. The molecule has 2 rings (SSSR count). The Balaban J connectivity index is 2.33. The second-order valence-electron chi connectivity index (χ2n) is 4.46. The molecule has 1 atom stereocenters. The number of likely N-dealkylation sites (N-methyl/N-ethyl adjacent to an activating group) is 1. The fraction of sp³-hybridized carbons (Fsp3) is 0.462. The average Bonchev–Trinajstić information content (AvgIpc) is 2.40. The molecule has 3 N–H and O–H groups in total. The van der Waals surface area contributed by atoms with Gasteiger partial charge in [0.15, 0.2) is 0 Å². The van der Waals surface area contributed by atoms with Crippen LogP contribution in [0.25, 0.3) is 0 Å². The molecule has 1 unspecified atom stereocenters. The first-order chi connectivity index (χ1) is 8.63. The van der Waals surface area contributed by atoms with Crippen molar-refractivity contribution in [1.82, 2.24) is 5.32 Å². The third-order valence-electron chi connectivity index (χ3n) is 3.17. The highest BCUT2D eigenvalue weighted by Crippen LogP contribution is 2.27. The second kappa shape index (κ2) is 5.27. The van der Waals surface area contributed by atoms with Crippen LogP contribution in [0.1, 0.15) is 5.56 Å². The maximum atomic E-state index is 11.9. The molecule has 1 aromatic rings. The van der Waals surface area contributed by atoms with Gasteiger partial charge in [0.1, 0.15) is 6.04 Å². The maximum Gasteiger partial charge on any atom is 0.244 e. The van der Waals surface area contributed by atoms with Gasteiger partial charge in [0.05, 0.1) is 24.6 Å². The van der Waals surface area contributed by atoms with Gasteiger partial charge in [0.2, 0.25) is 5.91 Å². The Bertz CT molecular complexity index is 448. The number of nitrogens with two attached hydrogens (primary N) is 1. The molecule has 1 aliphatic heterocycles. The third kappa shape index (κ3) is 2.41. The van der Waals surface area contributed by atoms with Gasteiger partial charge in [0.25, 0.3) is 0 Å². The van der Waals surface area contributed by atoms with E-state index in [9.17, 15) is 4.79 Å². The summed E-state index contributed by atoms with van der Waals surface area (Å²) < 4.78 is 5.38. The number of aryl methyl sites for hydroxylation is 1. The van der Waals surface area contributed by atoms with Crippen molar-refractivity contribution < 1.29 is 9.53 Å². The van der Waals surface area contributed by atoms with E-state index in [0.29, 0.717) is 25.4 Å². The molecule has 0 spiro atoms. The van der Waals surface area contributed by atoms with E-state index in [0.717, 1.165) is 11.3 Å². The lowest BCUT2D eigenvalue weighted by atomic mass is 10.1. The largest absolute Gasteiger partial charge is 0.397 e. The minimum absolute atomic E-state index is 0.0457. The van der Waals surface area contributed by atoms with Gasteiger partial charge < -0.3 is 20.7 Å². The number of nitrogens with zero attached hydrogens (tertiary/aromatic N) is 1. The maximum absolute atomic E-state index is 11.9. The van der Waals surface area contributed by atoms with Crippen LogP contribution in [0.3, 0.4) is 0 Å². The molecule has 98 valence electrons. The number of carbonyl (C=O) groups excluding carboxylic acids is 1. The van der Waals surface area contributed by atoms with E-state index < -0.39 is 0 Å². The molecule has 1 amide bonds. The lowest BCUT2D eigenvalue weighted by molar-refractivity contribution is -0.124. The number of anilines is 2. The van der Waals surface area contributed by atoms with E-state index in [4.69, 9.17) is 10.5 Å². The topological polar surface area (TPSA) is 67.6 Å². The SMILES string of the molecule is CNC(=O)C1COCCN1c1cc(C)ccc1N. The third-order valence-corrected chi connectivity index (χ3v) is 3.17. The number of hydrogen-bond acceptors (Lipinski definition) is 4. The first-order valence-electron chi connectivity index (χ1n) is 6.05. The molecule has 1 heterocycles. The van der Waals surface area contributed by atoms with Gasteiger partial charge in [-0.3, -0.25) is 4.79 Å². The Kier molecular flexibility index (Phi) is 3.72. The van der Waals surface area contributed by atoms with E-state index in [1.54, 1.807) is 7.05 Å². The van der Waals surface area contributed by atoms with Crippen molar-refractivity contribution in [3.8, 4) is 0 Å². The lowest BCUT2D eigenvalue weighted by Gasteiger charge is -2.36. The number of rotatable bonds is 2. The van der Waals surface area contributed by atoms with Crippen LogP contribution in [0.2, 0.25) is 0 Å². The molecule has 1 fully saturated rings. The number of nitrogen functional groups attached to an aromatic ring is 1. The van der Waals surface area contributed by atoms with Crippen molar-refractivity contribution in [2.75, 3.05) is 37.4 Å². The number of nitrogens with one attached hydrogen (secondary N) is 1. The highest BCUT2D eigenvalue weighted by Gasteiger charge is 2.29. The summed E-state index contributed by atoms with van der Waals surface area (Å²) in [7, 11) is 1.63. The normalized spacial score (nSPS) is 19.7. The van der Waals surface area contributed by atoms with Crippen LogP contribution < -0.4 is 16.0 Å². The Hall–Kier alpha value is -1.75. The highest BCUT2D eigenvalue weighted by atomic mass is 16.5. The van der Waals surface area contributed by atoms with Crippen LogP contribution >= 0.6 is 0 Å². The van der Waals surface area contributed by atoms with Gasteiger partial charge in [0, 0.05) is 13.6 Å². The van der Waals surface area contributed by atoms with Crippen LogP contribution in [0.5, 0.6) is 0 Å². The Labute approximate surface area is 107 Å². The van der Waals surface area contributed by atoms with E-state index in [2.05, 4.69) is 5.32 Å². The zero-order valence-electron chi connectivity index (χ0n) is 10.8. The van der Waals surface area contributed by atoms with Gasteiger partial charge in [-0.25, -0.2) is 0 Å². The zero-order valence-corrected chi connectivity index (χ0v) is 10.8. The lowest BCUT2D eigenvalue weighted by Crippen LogP contribution is -2.53. The molecular weight excluding hydrogens is 230 g/mol. The summed E-state index contributed by atoms with van der Waals surface area (Å²) >= 11 is 0. The predicted molar refractivity (Wildman–Crippen MR) is 71.6 cm³/mol. The first-order valence-corrected chi connectivity index (χ1v) is 6.05. The van der Waals surface area contributed by atoms with Crippen LogP contribution in [-0.2, 0) is 9.53 Å². The van der Waals surface area contributed by atoms with Crippen LogP contribution in [0, 0.1) is 6.92 Å². The molecule has 1 saturated heterocycles. The summed E-state index contributed by atoms with van der Waals surface area (Å²) in [5.41, 5.74) is 8.74. The van der Waals surface area contributed by atoms with E-state index in [1.807, 2.05) is 30.0 Å². The summed E-state index contributed by atoms with van der Waals surface area (Å²) in [6.45, 7) is 3.69. The number of carbonyl (C=O) groups is 1. The fourth-order valence-electron chi connectivity index (χ4n) is 2.18. The number of hydrogen-bond donors (Lipinski definition) is 2. The van der Waals surface area contributed by atoms with E-state index in [-0.39, 0.29) is 11.9 Å². The van der Waals surface area contributed by atoms with Gasteiger partial charge >= 0.3 is 0 Å². The predicted octanol–water partition coefficient (Wildman–Crippen LogP) is 0.528. The number of morpholine rings is 1. The van der Waals surface area contributed by atoms with Crippen molar-refractivity contribution in [3.63, 3.8) is 0 Å². The van der Waals surface area contributed by atoms with Gasteiger partial charge in [-0.05, 0) is 24.6 Å². The quantitative estimate of drug-likeness (QED) is 0.750. The minimum atomic E-state index is -0.312. The summed E-state index contributed by atoms with van der Waals surface area (Å²) in [6.07, 6.45) is 0. The molecule has 0 radical (unpaired) electrons. The monoisotopic (exact) mass is 249 g/mol. The number of benzene rings is 1. The average molecular weight is 249 g/mol. The van der Waals surface area contributed by atoms with Gasteiger partial charge in [-0.2, -0.15) is 0 Å². The highest BCUT2D eigenvalue weighted by molar-refractivity contribution is 5.87. The Morgan fingerprint density at radius 3 is 3.06 bits per heavy atom. The molecule has 0 aliphatic carbocycles.